The van der Waals surface area contributed by atoms with Crippen LogP contribution < -0.4 is 0 Å². The van der Waals surface area contributed by atoms with Gasteiger partial charge in [0.05, 0.1) is 12.3 Å². The lowest BCUT2D eigenvalue weighted by molar-refractivity contribution is -0.126. The van der Waals surface area contributed by atoms with Gasteiger partial charge in [0.25, 0.3) is 0 Å². The van der Waals surface area contributed by atoms with Gasteiger partial charge in [0, 0.05) is 13.1 Å². The van der Waals surface area contributed by atoms with Crippen molar-refractivity contribution in [2.75, 3.05) is 7.05 Å². The van der Waals surface area contributed by atoms with Crippen LogP contribution in [0.15, 0.2) is 34.5 Å². The van der Waals surface area contributed by atoms with E-state index in [1.54, 1.807) is 24.3 Å². The lowest BCUT2D eigenvalue weighted by Crippen LogP contribution is -2.27. The Labute approximate surface area is 90.4 Å². The SMILES string of the molecule is CC(C)=CC(=O)N(C)C(C)c1ccco1. The van der Waals surface area contributed by atoms with E-state index in [1.807, 2.05) is 32.9 Å². The highest BCUT2D eigenvalue weighted by Gasteiger charge is 2.17. The zero-order valence-corrected chi connectivity index (χ0v) is 9.65. The summed E-state index contributed by atoms with van der Waals surface area (Å²) in [6, 6.07) is 3.66. The van der Waals surface area contributed by atoms with Crippen LogP contribution in [-0.4, -0.2) is 17.9 Å². The smallest absolute Gasteiger partial charge is 0.246 e. The molecule has 3 heteroatoms. The first-order valence-electron chi connectivity index (χ1n) is 4.97. The van der Waals surface area contributed by atoms with Crippen molar-refractivity contribution in [3.8, 4) is 0 Å². The molecule has 0 bridgehead atoms. The third kappa shape index (κ3) is 2.98. The molecule has 0 aliphatic heterocycles. The molecule has 1 heterocycles. The molecule has 1 aromatic rings. The monoisotopic (exact) mass is 207 g/mol. The fraction of sp³-hybridized carbons (Fsp3) is 0.417. The van der Waals surface area contributed by atoms with Crippen molar-refractivity contribution in [1.29, 1.82) is 0 Å². The van der Waals surface area contributed by atoms with Crippen LogP contribution in [0.4, 0.5) is 0 Å². The number of likely N-dealkylation sites (N-methyl/N-ethyl adjacent to an activating group) is 1. The Hall–Kier alpha value is -1.51. The summed E-state index contributed by atoms with van der Waals surface area (Å²) in [5.74, 6) is 0.798. The predicted molar refractivity (Wildman–Crippen MR) is 59.3 cm³/mol. The van der Waals surface area contributed by atoms with Gasteiger partial charge in [-0.1, -0.05) is 5.57 Å². The zero-order chi connectivity index (χ0) is 11.4. The molecule has 0 aromatic carbocycles. The maximum atomic E-state index is 11.7. The van der Waals surface area contributed by atoms with E-state index < -0.39 is 0 Å². The minimum Gasteiger partial charge on any atom is -0.467 e. The molecule has 0 fully saturated rings. The number of hydrogen-bond acceptors (Lipinski definition) is 2. The minimum atomic E-state index is -0.0388. The van der Waals surface area contributed by atoms with E-state index in [9.17, 15) is 4.79 Å². The first-order valence-corrected chi connectivity index (χ1v) is 4.97. The normalized spacial score (nSPS) is 12.0. The summed E-state index contributed by atoms with van der Waals surface area (Å²) in [6.45, 7) is 5.75. The minimum absolute atomic E-state index is 0.00102. The van der Waals surface area contributed by atoms with Crippen molar-refractivity contribution in [1.82, 2.24) is 4.90 Å². The fourth-order valence-electron chi connectivity index (χ4n) is 1.26. The van der Waals surface area contributed by atoms with Gasteiger partial charge in [-0.2, -0.15) is 0 Å². The molecule has 82 valence electrons. The topological polar surface area (TPSA) is 33.5 Å². The molecule has 1 amide bonds. The molecule has 0 saturated carbocycles. The van der Waals surface area contributed by atoms with Gasteiger partial charge >= 0.3 is 0 Å². The van der Waals surface area contributed by atoms with Crippen LogP contribution in [0.25, 0.3) is 0 Å². The quantitative estimate of drug-likeness (QED) is 0.714. The lowest BCUT2D eigenvalue weighted by Gasteiger charge is -2.21. The Kier molecular flexibility index (Phi) is 3.72. The Bertz CT molecular complexity index is 348. The number of rotatable bonds is 3. The summed E-state index contributed by atoms with van der Waals surface area (Å²) in [4.78, 5) is 13.4. The van der Waals surface area contributed by atoms with E-state index in [4.69, 9.17) is 4.42 Å². The molecule has 0 saturated heterocycles. The van der Waals surface area contributed by atoms with Crippen LogP contribution in [0.1, 0.15) is 32.6 Å². The Morgan fingerprint density at radius 2 is 2.20 bits per heavy atom. The van der Waals surface area contributed by atoms with E-state index in [0.717, 1.165) is 11.3 Å². The lowest BCUT2D eigenvalue weighted by atomic mass is 10.2. The van der Waals surface area contributed by atoms with Crippen molar-refractivity contribution in [3.05, 3.63) is 35.8 Å². The van der Waals surface area contributed by atoms with Gasteiger partial charge in [0.2, 0.25) is 5.91 Å². The van der Waals surface area contributed by atoms with Gasteiger partial charge in [-0.3, -0.25) is 4.79 Å². The van der Waals surface area contributed by atoms with Crippen molar-refractivity contribution in [2.24, 2.45) is 0 Å². The number of nitrogens with zero attached hydrogens (tertiary/aromatic N) is 1. The highest BCUT2D eigenvalue weighted by atomic mass is 16.3. The van der Waals surface area contributed by atoms with Gasteiger partial charge in [0.1, 0.15) is 5.76 Å². The number of furan rings is 1. The van der Waals surface area contributed by atoms with Gasteiger partial charge in [0.15, 0.2) is 0 Å². The van der Waals surface area contributed by atoms with Crippen LogP contribution >= 0.6 is 0 Å². The highest BCUT2D eigenvalue weighted by Crippen LogP contribution is 2.19. The second kappa shape index (κ2) is 4.82. The van der Waals surface area contributed by atoms with E-state index in [1.165, 1.54) is 0 Å². The molecule has 1 atom stereocenters. The summed E-state index contributed by atoms with van der Waals surface area (Å²) in [5, 5.41) is 0. The summed E-state index contributed by atoms with van der Waals surface area (Å²) in [6.07, 6.45) is 3.24. The average molecular weight is 207 g/mol. The second-order valence-electron chi connectivity index (χ2n) is 3.86. The maximum absolute atomic E-state index is 11.7. The van der Waals surface area contributed by atoms with Crippen LogP contribution in [0, 0.1) is 0 Å². The number of allylic oxidation sites excluding steroid dienone is 1. The molecule has 3 nitrogen and oxygen atoms in total. The maximum Gasteiger partial charge on any atom is 0.246 e. The van der Waals surface area contributed by atoms with Gasteiger partial charge in [-0.15, -0.1) is 0 Å². The number of carbonyl (C=O) groups is 1. The van der Waals surface area contributed by atoms with Crippen molar-refractivity contribution < 1.29 is 9.21 Å². The van der Waals surface area contributed by atoms with E-state index >= 15 is 0 Å². The molecule has 0 radical (unpaired) electrons. The zero-order valence-electron chi connectivity index (χ0n) is 9.65. The van der Waals surface area contributed by atoms with E-state index in [2.05, 4.69) is 0 Å². The van der Waals surface area contributed by atoms with Crippen molar-refractivity contribution in [3.63, 3.8) is 0 Å². The average Bonchev–Trinajstić information content (AvgIpc) is 2.67. The largest absolute Gasteiger partial charge is 0.467 e. The molecule has 1 aromatic heterocycles. The molecular weight excluding hydrogens is 190 g/mol. The van der Waals surface area contributed by atoms with Crippen LogP contribution in [0.5, 0.6) is 0 Å². The van der Waals surface area contributed by atoms with E-state index in [-0.39, 0.29) is 11.9 Å². The standard InChI is InChI=1S/C12H17NO2/c1-9(2)8-12(14)13(4)10(3)11-6-5-7-15-11/h5-8,10H,1-4H3. The van der Waals surface area contributed by atoms with E-state index in [0.29, 0.717) is 0 Å². The third-order valence-electron chi connectivity index (χ3n) is 2.30. The number of hydrogen-bond donors (Lipinski definition) is 0. The molecule has 1 rings (SSSR count). The molecule has 0 spiro atoms. The first kappa shape index (κ1) is 11.6. The molecular formula is C12H17NO2. The molecule has 1 unspecified atom stereocenters. The Morgan fingerprint density at radius 3 is 2.67 bits per heavy atom. The summed E-state index contributed by atoms with van der Waals surface area (Å²) < 4.78 is 5.26. The predicted octanol–water partition coefficient (Wildman–Crippen LogP) is 2.77. The molecule has 0 N–H and O–H groups in total. The van der Waals surface area contributed by atoms with Gasteiger partial charge in [-0.25, -0.2) is 0 Å². The summed E-state index contributed by atoms with van der Waals surface area (Å²) >= 11 is 0. The van der Waals surface area contributed by atoms with Crippen LogP contribution in [-0.2, 0) is 4.79 Å². The van der Waals surface area contributed by atoms with Crippen molar-refractivity contribution in [2.45, 2.75) is 26.8 Å². The molecule has 15 heavy (non-hydrogen) atoms. The molecule has 0 aliphatic rings. The highest BCUT2D eigenvalue weighted by molar-refractivity contribution is 5.88. The van der Waals surface area contributed by atoms with Crippen molar-refractivity contribution >= 4 is 5.91 Å². The summed E-state index contributed by atoms with van der Waals surface area (Å²) in [5.41, 5.74) is 0.999. The van der Waals surface area contributed by atoms with Crippen LogP contribution in [0.3, 0.4) is 0 Å². The summed E-state index contributed by atoms with van der Waals surface area (Å²) in [7, 11) is 1.77. The van der Waals surface area contributed by atoms with Gasteiger partial charge in [-0.05, 0) is 32.9 Å². The number of carbonyl (C=O) groups excluding carboxylic acids is 1. The number of amides is 1. The van der Waals surface area contributed by atoms with Crippen LogP contribution in [0.2, 0.25) is 0 Å². The first-order chi connectivity index (χ1) is 7.02. The second-order valence-corrected chi connectivity index (χ2v) is 3.86. The molecule has 0 aliphatic carbocycles. The van der Waals surface area contributed by atoms with Gasteiger partial charge < -0.3 is 9.32 Å². The Morgan fingerprint density at radius 1 is 1.53 bits per heavy atom. The fourth-order valence-corrected chi connectivity index (χ4v) is 1.26. The Balaban J connectivity index is 2.73. The third-order valence-corrected chi connectivity index (χ3v) is 2.30.